The van der Waals surface area contributed by atoms with Crippen LogP contribution in [0.4, 0.5) is 5.69 Å². The summed E-state index contributed by atoms with van der Waals surface area (Å²) < 4.78 is 27.0. The lowest BCUT2D eigenvalue weighted by Gasteiger charge is -2.12. The molecule has 0 aliphatic heterocycles. The van der Waals surface area contributed by atoms with E-state index < -0.39 is 10.0 Å². The molecule has 0 unspecified atom stereocenters. The van der Waals surface area contributed by atoms with Crippen LogP contribution in [0.2, 0.25) is 0 Å². The van der Waals surface area contributed by atoms with E-state index in [1.807, 2.05) is 0 Å². The molecule has 0 aliphatic carbocycles. The van der Waals surface area contributed by atoms with Gasteiger partial charge in [0.05, 0.1) is 16.8 Å². The Morgan fingerprint density at radius 1 is 1.12 bits per heavy atom. The molecule has 0 saturated carbocycles. The number of benzene rings is 2. The Morgan fingerprint density at radius 2 is 1.85 bits per heavy atom. The number of para-hydroxylation sites is 1. The Labute approximate surface area is 150 Å². The van der Waals surface area contributed by atoms with E-state index in [2.05, 4.69) is 10.3 Å². The zero-order chi connectivity index (χ0) is 18.9. The van der Waals surface area contributed by atoms with E-state index in [0.29, 0.717) is 16.9 Å². The lowest BCUT2D eigenvalue weighted by atomic mass is 10.1. The molecule has 0 atom stereocenters. The maximum absolute atomic E-state index is 12.5. The first-order chi connectivity index (χ1) is 12.3. The fourth-order valence-electron chi connectivity index (χ4n) is 2.33. The molecule has 3 aromatic rings. The third kappa shape index (κ3) is 3.22. The number of rotatable bonds is 5. The molecule has 8 nitrogen and oxygen atoms in total. The fourth-order valence-corrected chi connectivity index (χ4v) is 3.27. The monoisotopic (exact) mass is 371 g/mol. The molecule has 0 spiro atoms. The molecule has 0 amide bonds. The quantitative estimate of drug-likeness (QED) is 0.535. The summed E-state index contributed by atoms with van der Waals surface area (Å²) in [5.74, 6) is -0.355. The molecule has 2 aromatic carbocycles. The number of anilines is 1. The lowest BCUT2D eigenvalue weighted by Crippen LogP contribution is -2.22. The predicted molar refractivity (Wildman–Crippen MR) is 96.5 cm³/mol. The zero-order valence-corrected chi connectivity index (χ0v) is 15.0. The standard InChI is InChI=1S/C17H17N5O3S/c1-21(2)26(24,25)13-7-5-6-12(10-13)22-11-16(19-20-22)17(23)14-8-3-4-9-15(14)18/h3-11H,18H2,1-2H3. The number of nitrogens with two attached hydrogens (primary N) is 1. The van der Waals surface area contributed by atoms with Gasteiger partial charge in [-0.1, -0.05) is 23.4 Å². The molecule has 0 saturated heterocycles. The van der Waals surface area contributed by atoms with Gasteiger partial charge >= 0.3 is 0 Å². The third-order valence-electron chi connectivity index (χ3n) is 3.79. The van der Waals surface area contributed by atoms with Crippen LogP contribution in [0.5, 0.6) is 0 Å². The van der Waals surface area contributed by atoms with Crippen LogP contribution in [0.25, 0.3) is 5.69 Å². The van der Waals surface area contributed by atoms with Gasteiger partial charge in [-0.2, -0.15) is 0 Å². The van der Waals surface area contributed by atoms with Crippen LogP contribution in [0.1, 0.15) is 16.1 Å². The highest BCUT2D eigenvalue weighted by molar-refractivity contribution is 7.89. The van der Waals surface area contributed by atoms with Crippen LogP contribution in [-0.2, 0) is 10.0 Å². The molecule has 1 aromatic heterocycles. The smallest absolute Gasteiger partial charge is 0.242 e. The number of nitrogens with zero attached hydrogens (tertiary/aromatic N) is 4. The molecule has 0 bridgehead atoms. The molecule has 1 heterocycles. The predicted octanol–water partition coefficient (Wildman–Crippen LogP) is 1.33. The van der Waals surface area contributed by atoms with Crippen molar-refractivity contribution in [1.29, 1.82) is 0 Å². The molecule has 3 rings (SSSR count). The molecular weight excluding hydrogens is 354 g/mol. The van der Waals surface area contributed by atoms with Crippen LogP contribution in [0.15, 0.2) is 59.6 Å². The number of sulfonamides is 1. The van der Waals surface area contributed by atoms with Gasteiger partial charge in [-0.3, -0.25) is 4.79 Å². The van der Waals surface area contributed by atoms with Crippen molar-refractivity contribution >= 4 is 21.5 Å². The second kappa shape index (κ2) is 6.70. The molecule has 134 valence electrons. The van der Waals surface area contributed by atoms with E-state index in [-0.39, 0.29) is 16.4 Å². The summed E-state index contributed by atoms with van der Waals surface area (Å²) in [5, 5.41) is 7.81. The van der Waals surface area contributed by atoms with Gasteiger partial charge in [0.15, 0.2) is 5.69 Å². The normalized spacial score (nSPS) is 11.7. The van der Waals surface area contributed by atoms with Gasteiger partial charge in [-0.05, 0) is 30.3 Å². The van der Waals surface area contributed by atoms with E-state index in [0.717, 1.165) is 4.31 Å². The molecule has 0 aliphatic rings. The van der Waals surface area contributed by atoms with Gasteiger partial charge in [0.2, 0.25) is 15.8 Å². The summed E-state index contributed by atoms with van der Waals surface area (Å²) in [6.07, 6.45) is 1.44. The average molecular weight is 371 g/mol. The highest BCUT2D eigenvalue weighted by Crippen LogP contribution is 2.19. The summed E-state index contributed by atoms with van der Waals surface area (Å²) in [5.41, 5.74) is 7.10. The highest BCUT2D eigenvalue weighted by atomic mass is 32.2. The van der Waals surface area contributed by atoms with Gasteiger partial charge in [0.1, 0.15) is 0 Å². The number of ketones is 1. The minimum absolute atomic E-state index is 0.115. The van der Waals surface area contributed by atoms with Crippen molar-refractivity contribution in [1.82, 2.24) is 19.3 Å². The Morgan fingerprint density at radius 3 is 2.54 bits per heavy atom. The number of hydrogen-bond acceptors (Lipinski definition) is 6. The minimum Gasteiger partial charge on any atom is -0.398 e. The van der Waals surface area contributed by atoms with Gasteiger partial charge in [-0.15, -0.1) is 5.10 Å². The highest BCUT2D eigenvalue weighted by Gasteiger charge is 2.19. The van der Waals surface area contributed by atoms with Crippen LogP contribution in [0.3, 0.4) is 0 Å². The molecular formula is C17H17N5O3S. The Balaban J connectivity index is 1.96. The average Bonchev–Trinajstić information content (AvgIpc) is 3.12. The van der Waals surface area contributed by atoms with E-state index in [4.69, 9.17) is 5.73 Å². The number of aromatic nitrogens is 3. The number of carbonyl (C=O) groups is 1. The number of carbonyl (C=O) groups excluding carboxylic acids is 1. The van der Waals surface area contributed by atoms with Gasteiger partial charge < -0.3 is 5.73 Å². The van der Waals surface area contributed by atoms with Crippen molar-refractivity contribution in [3.05, 3.63) is 66.0 Å². The minimum atomic E-state index is -3.58. The van der Waals surface area contributed by atoms with Crippen molar-refractivity contribution in [2.24, 2.45) is 0 Å². The van der Waals surface area contributed by atoms with Crippen LogP contribution < -0.4 is 5.73 Å². The van der Waals surface area contributed by atoms with Crippen molar-refractivity contribution < 1.29 is 13.2 Å². The second-order valence-electron chi connectivity index (χ2n) is 5.75. The number of hydrogen-bond donors (Lipinski definition) is 1. The first kappa shape index (κ1) is 17.8. The Kier molecular flexibility index (Phi) is 4.58. The van der Waals surface area contributed by atoms with Gasteiger partial charge in [0.25, 0.3) is 0 Å². The Hall–Kier alpha value is -3.04. The van der Waals surface area contributed by atoms with Crippen LogP contribution >= 0.6 is 0 Å². The van der Waals surface area contributed by atoms with E-state index in [9.17, 15) is 13.2 Å². The second-order valence-corrected chi connectivity index (χ2v) is 7.90. The van der Waals surface area contributed by atoms with Gasteiger partial charge in [-0.25, -0.2) is 17.4 Å². The maximum atomic E-state index is 12.5. The molecule has 9 heteroatoms. The summed E-state index contributed by atoms with van der Waals surface area (Å²) in [6.45, 7) is 0. The lowest BCUT2D eigenvalue weighted by molar-refractivity contribution is 0.103. The summed E-state index contributed by atoms with van der Waals surface area (Å²) in [4.78, 5) is 12.6. The van der Waals surface area contributed by atoms with Crippen molar-refractivity contribution in [2.75, 3.05) is 19.8 Å². The summed E-state index contributed by atoms with van der Waals surface area (Å²) in [6, 6.07) is 12.9. The molecule has 26 heavy (non-hydrogen) atoms. The summed E-state index contributed by atoms with van der Waals surface area (Å²) in [7, 11) is -0.663. The van der Waals surface area contributed by atoms with Crippen molar-refractivity contribution in [2.45, 2.75) is 4.90 Å². The first-order valence-corrected chi connectivity index (χ1v) is 9.09. The van der Waals surface area contributed by atoms with Crippen LogP contribution in [0, 0.1) is 0 Å². The zero-order valence-electron chi connectivity index (χ0n) is 14.2. The SMILES string of the molecule is CN(C)S(=O)(=O)c1cccc(-n2cc(C(=O)c3ccccc3N)nn2)c1. The topological polar surface area (TPSA) is 111 Å². The molecule has 0 fully saturated rings. The maximum Gasteiger partial charge on any atom is 0.242 e. The largest absolute Gasteiger partial charge is 0.398 e. The third-order valence-corrected chi connectivity index (χ3v) is 5.60. The molecule has 2 N–H and O–H groups in total. The first-order valence-electron chi connectivity index (χ1n) is 7.65. The fraction of sp³-hybridized carbons (Fsp3) is 0.118. The number of nitrogen functional groups attached to an aromatic ring is 1. The Bertz CT molecular complexity index is 1070. The van der Waals surface area contributed by atoms with Crippen LogP contribution in [-0.4, -0.2) is 47.6 Å². The molecule has 0 radical (unpaired) electrons. The van der Waals surface area contributed by atoms with Crippen molar-refractivity contribution in [3.8, 4) is 5.69 Å². The summed E-state index contributed by atoms with van der Waals surface area (Å²) >= 11 is 0. The van der Waals surface area contributed by atoms with E-state index in [1.165, 1.54) is 37.1 Å². The van der Waals surface area contributed by atoms with Gasteiger partial charge in [0, 0.05) is 25.3 Å². The van der Waals surface area contributed by atoms with Crippen molar-refractivity contribution in [3.63, 3.8) is 0 Å². The van der Waals surface area contributed by atoms with E-state index in [1.54, 1.807) is 36.4 Å². The van der Waals surface area contributed by atoms with E-state index >= 15 is 0 Å².